The van der Waals surface area contributed by atoms with Gasteiger partial charge in [0.2, 0.25) is 0 Å². The van der Waals surface area contributed by atoms with E-state index in [2.05, 4.69) is 45.3 Å². The summed E-state index contributed by atoms with van der Waals surface area (Å²) >= 11 is 0. The molecular formula is C19H28N4O. The molecule has 24 heavy (non-hydrogen) atoms. The molecule has 1 saturated heterocycles. The van der Waals surface area contributed by atoms with E-state index in [0.717, 1.165) is 31.9 Å². The molecule has 0 amide bonds. The van der Waals surface area contributed by atoms with Gasteiger partial charge in [-0.25, -0.2) is 9.67 Å². The fraction of sp³-hybridized carbons (Fsp3) is 0.579. The van der Waals surface area contributed by atoms with Gasteiger partial charge in [-0.3, -0.25) is 4.90 Å². The fourth-order valence-electron chi connectivity index (χ4n) is 3.39. The second-order valence-corrected chi connectivity index (χ2v) is 7.56. The lowest BCUT2D eigenvalue weighted by molar-refractivity contribution is 0.0561. The molecule has 1 N–H and O–H groups in total. The maximum Gasteiger partial charge on any atom is 0.138 e. The highest BCUT2D eigenvalue weighted by Crippen LogP contribution is 2.22. The first-order chi connectivity index (χ1) is 11.5. The van der Waals surface area contributed by atoms with Crippen molar-refractivity contribution in [2.24, 2.45) is 5.92 Å². The van der Waals surface area contributed by atoms with Crippen LogP contribution < -0.4 is 0 Å². The van der Waals surface area contributed by atoms with Crippen LogP contribution >= 0.6 is 0 Å². The Hall–Kier alpha value is -1.72. The van der Waals surface area contributed by atoms with E-state index in [1.165, 1.54) is 18.4 Å². The van der Waals surface area contributed by atoms with Gasteiger partial charge in [0.05, 0.1) is 12.1 Å². The molecule has 0 unspecified atom stereocenters. The predicted octanol–water partition coefficient (Wildman–Crippen LogP) is 2.50. The zero-order valence-corrected chi connectivity index (χ0v) is 14.7. The number of hydrogen-bond donors (Lipinski definition) is 1. The molecule has 0 radical (unpaired) electrons. The summed E-state index contributed by atoms with van der Waals surface area (Å²) in [6.07, 6.45) is 4.95. The minimum absolute atomic E-state index is 0.495. The SMILES string of the molecule is CC(C)(O)Cn1ncnc1CC1CCN(Cc2ccccc2)CC1. The number of rotatable bonds is 6. The highest BCUT2D eigenvalue weighted by atomic mass is 16.3. The minimum atomic E-state index is -0.762. The molecule has 2 aromatic rings. The summed E-state index contributed by atoms with van der Waals surface area (Å²) in [7, 11) is 0. The van der Waals surface area contributed by atoms with Crippen molar-refractivity contribution in [3.05, 3.63) is 48.0 Å². The predicted molar refractivity (Wildman–Crippen MR) is 94.5 cm³/mol. The maximum absolute atomic E-state index is 10.00. The van der Waals surface area contributed by atoms with Crippen molar-refractivity contribution in [1.82, 2.24) is 19.7 Å². The third-order valence-electron chi connectivity index (χ3n) is 4.66. The third kappa shape index (κ3) is 4.89. The number of aliphatic hydroxyl groups is 1. The van der Waals surface area contributed by atoms with Gasteiger partial charge in [0.25, 0.3) is 0 Å². The van der Waals surface area contributed by atoms with Gasteiger partial charge in [0.1, 0.15) is 12.2 Å². The average Bonchev–Trinajstić information content (AvgIpc) is 2.95. The van der Waals surface area contributed by atoms with Gasteiger partial charge in [-0.15, -0.1) is 0 Å². The van der Waals surface area contributed by atoms with Gasteiger partial charge >= 0.3 is 0 Å². The van der Waals surface area contributed by atoms with E-state index in [0.29, 0.717) is 12.5 Å². The number of benzene rings is 1. The average molecular weight is 328 g/mol. The van der Waals surface area contributed by atoms with Crippen molar-refractivity contribution in [3.8, 4) is 0 Å². The second kappa shape index (κ2) is 7.45. The second-order valence-electron chi connectivity index (χ2n) is 7.56. The van der Waals surface area contributed by atoms with Crippen LogP contribution in [-0.2, 0) is 19.5 Å². The van der Waals surface area contributed by atoms with Gasteiger partial charge in [-0.05, 0) is 51.3 Å². The standard InChI is InChI=1S/C19H28N4O/c1-19(2,24)14-23-18(20-15-21-23)12-16-8-10-22(11-9-16)13-17-6-4-3-5-7-17/h3-7,15-16,24H,8-14H2,1-2H3. The molecule has 5 heteroatoms. The number of aromatic nitrogens is 3. The van der Waals surface area contributed by atoms with E-state index >= 15 is 0 Å². The van der Waals surface area contributed by atoms with E-state index in [4.69, 9.17) is 0 Å². The van der Waals surface area contributed by atoms with E-state index < -0.39 is 5.60 Å². The Balaban J connectivity index is 1.50. The Labute approximate surface area is 144 Å². The summed E-state index contributed by atoms with van der Waals surface area (Å²) in [5, 5.41) is 14.3. The highest BCUT2D eigenvalue weighted by Gasteiger charge is 2.23. The summed E-state index contributed by atoms with van der Waals surface area (Å²) in [5.74, 6) is 1.65. The lowest BCUT2D eigenvalue weighted by Crippen LogP contribution is -2.34. The van der Waals surface area contributed by atoms with Crippen LogP contribution in [0.3, 0.4) is 0 Å². The molecule has 1 fully saturated rings. The molecule has 0 saturated carbocycles. The quantitative estimate of drug-likeness (QED) is 0.885. The lowest BCUT2D eigenvalue weighted by atomic mass is 9.93. The van der Waals surface area contributed by atoms with Crippen molar-refractivity contribution in [2.75, 3.05) is 13.1 Å². The molecule has 2 heterocycles. The summed E-state index contributed by atoms with van der Waals surface area (Å²) < 4.78 is 1.86. The van der Waals surface area contributed by atoms with Crippen molar-refractivity contribution >= 4 is 0 Å². The fourth-order valence-corrected chi connectivity index (χ4v) is 3.39. The zero-order chi connectivity index (χ0) is 17.0. The summed E-state index contributed by atoms with van der Waals surface area (Å²) in [6, 6.07) is 10.7. The molecule has 1 aliphatic rings. The molecule has 1 aromatic carbocycles. The molecule has 3 rings (SSSR count). The van der Waals surface area contributed by atoms with Crippen LogP contribution in [0, 0.1) is 5.92 Å². The molecule has 1 aliphatic heterocycles. The highest BCUT2D eigenvalue weighted by molar-refractivity contribution is 5.14. The first kappa shape index (κ1) is 17.1. The molecule has 0 bridgehead atoms. The number of likely N-dealkylation sites (tertiary alicyclic amines) is 1. The van der Waals surface area contributed by atoms with E-state index in [9.17, 15) is 5.11 Å². The van der Waals surface area contributed by atoms with E-state index in [1.54, 1.807) is 20.2 Å². The van der Waals surface area contributed by atoms with Crippen LogP contribution in [0.2, 0.25) is 0 Å². The van der Waals surface area contributed by atoms with Gasteiger partial charge in [0.15, 0.2) is 0 Å². The van der Waals surface area contributed by atoms with Crippen molar-refractivity contribution in [3.63, 3.8) is 0 Å². The molecule has 0 aliphatic carbocycles. The molecule has 0 spiro atoms. The Morgan fingerprint density at radius 1 is 1.17 bits per heavy atom. The molecule has 1 aromatic heterocycles. The largest absolute Gasteiger partial charge is 0.389 e. The smallest absolute Gasteiger partial charge is 0.138 e. The molecule has 0 atom stereocenters. The topological polar surface area (TPSA) is 54.2 Å². The van der Waals surface area contributed by atoms with Crippen molar-refractivity contribution in [1.29, 1.82) is 0 Å². The molecular weight excluding hydrogens is 300 g/mol. The number of nitrogens with zero attached hydrogens (tertiary/aromatic N) is 4. The summed E-state index contributed by atoms with van der Waals surface area (Å²) in [5.41, 5.74) is 0.627. The van der Waals surface area contributed by atoms with Gasteiger partial charge in [-0.1, -0.05) is 30.3 Å². The Kier molecular flexibility index (Phi) is 5.31. The van der Waals surface area contributed by atoms with Gasteiger partial charge < -0.3 is 5.11 Å². The first-order valence-corrected chi connectivity index (χ1v) is 8.85. The lowest BCUT2D eigenvalue weighted by Gasteiger charge is -2.32. The van der Waals surface area contributed by atoms with Crippen molar-refractivity contribution < 1.29 is 5.11 Å². The number of piperidine rings is 1. The Morgan fingerprint density at radius 2 is 1.88 bits per heavy atom. The Bertz CT molecular complexity index is 624. The van der Waals surface area contributed by atoms with Crippen LogP contribution in [0.4, 0.5) is 0 Å². The monoisotopic (exact) mass is 328 g/mol. The summed E-state index contributed by atoms with van der Waals surface area (Å²) in [4.78, 5) is 6.94. The molecule has 130 valence electrons. The minimum Gasteiger partial charge on any atom is -0.389 e. The third-order valence-corrected chi connectivity index (χ3v) is 4.66. The number of hydrogen-bond acceptors (Lipinski definition) is 4. The van der Waals surface area contributed by atoms with Crippen LogP contribution in [0.5, 0.6) is 0 Å². The van der Waals surface area contributed by atoms with Gasteiger partial charge in [-0.2, -0.15) is 5.10 Å². The summed E-state index contributed by atoms with van der Waals surface area (Å²) in [6.45, 7) is 7.43. The van der Waals surface area contributed by atoms with Gasteiger partial charge in [0, 0.05) is 13.0 Å². The molecule has 5 nitrogen and oxygen atoms in total. The van der Waals surface area contributed by atoms with E-state index in [-0.39, 0.29) is 0 Å². The van der Waals surface area contributed by atoms with Crippen LogP contribution in [0.1, 0.15) is 38.1 Å². The zero-order valence-electron chi connectivity index (χ0n) is 14.7. The normalized spacial score (nSPS) is 17.3. The van der Waals surface area contributed by atoms with Crippen LogP contribution in [0.25, 0.3) is 0 Å². The maximum atomic E-state index is 10.00. The van der Waals surface area contributed by atoms with Crippen LogP contribution in [-0.4, -0.2) is 43.5 Å². The first-order valence-electron chi connectivity index (χ1n) is 8.85. The van der Waals surface area contributed by atoms with Crippen LogP contribution in [0.15, 0.2) is 36.7 Å². The van der Waals surface area contributed by atoms with Crippen molar-refractivity contribution in [2.45, 2.75) is 51.8 Å². The Morgan fingerprint density at radius 3 is 2.54 bits per heavy atom. The van der Waals surface area contributed by atoms with E-state index in [1.807, 2.05) is 4.68 Å².